The quantitative estimate of drug-likeness (QED) is 0.726. The Hall–Kier alpha value is -3.08. The van der Waals surface area contributed by atoms with E-state index < -0.39 is 0 Å². The number of anilines is 1. The Morgan fingerprint density at radius 2 is 2.09 bits per heavy atom. The molecule has 0 spiro atoms. The van der Waals surface area contributed by atoms with Gasteiger partial charge >= 0.3 is 0 Å². The van der Waals surface area contributed by atoms with Gasteiger partial charge in [-0.25, -0.2) is 4.98 Å². The molecule has 0 saturated carbocycles. The first-order valence-electron chi connectivity index (χ1n) is 6.81. The second kappa shape index (κ2) is 6.13. The number of carbonyl (C=O) groups is 1. The summed E-state index contributed by atoms with van der Waals surface area (Å²) in [6.45, 7) is 0. The average Bonchev–Trinajstić information content (AvgIpc) is 2.97. The molecule has 2 N–H and O–H groups in total. The molecule has 0 saturated heterocycles. The summed E-state index contributed by atoms with van der Waals surface area (Å²) in [4.78, 5) is 19.2. The molecule has 0 bridgehead atoms. The third kappa shape index (κ3) is 2.98. The van der Waals surface area contributed by atoms with Crippen molar-refractivity contribution < 1.29 is 9.53 Å². The van der Waals surface area contributed by atoms with Gasteiger partial charge in [0.25, 0.3) is 0 Å². The van der Waals surface area contributed by atoms with Gasteiger partial charge in [0, 0.05) is 35.1 Å². The Bertz CT molecular complexity index is 819. The van der Waals surface area contributed by atoms with Crippen molar-refractivity contribution >= 4 is 28.7 Å². The van der Waals surface area contributed by atoms with Crippen LogP contribution in [0.5, 0.6) is 5.75 Å². The molecule has 3 aromatic rings. The number of fused-ring (bicyclic) bond motifs is 1. The number of hydrogen-bond donors (Lipinski definition) is 2. The van der Waals surface area contributed by atoms with Gasteiger partial charge in [-0.05, 0) is 42.5 Å². The van der Waals surface area contributed by atoms with Crippen LogP contribution < -0.4 is 10.1 Å². The number of methoxy groups -OCH3 is 1. The number of hydrogen-bond acceptors (Lipinski definition) is 3. The highest BCUT2D eigenvalue weighted by molar-refractivity contribution is 6.03. The van der Waals surface area contributed by atoms with Gasteiger partial charge in [-0.1, -0.05) is 0 Å². The summed E-state index contributed by atoms with van der Waals surface area (Å²) in [7, 11) is 1.60. The number of aromatic nitrogens is 2. The molecule has 1 amide bonds. The minimum atomic E-state index is -0.191. The van der Waals surface area contributed by atoms with Crippen LogP contribution in [0, 0.1) is 0 Å². The van der Waals surface area contributed by atoms with Crippen molar-refractivity contribution in [3.8, 4) is 5.75 Å². The van der Waals surface area contributed by atoms with Gasteiger partial charge in [0.2, 0.25) is 5.91 Å². The van der Waals surface area contributed by atoms with Gasteiger partial charge in [0.05, 0.1) is 7.11 Å². The molecule has 5 heteroatoms. The highest BCUT2D eigenvalue weighted by Gasteiger charge is 2.02. The van der Waals surface area contributed by atoms with Crippen LogP contribution in [-0.2, 0) is 4.79 Å². The van der Waals surface area contributed by atoms with Crippen LogP contribution in [0.15, 0.2) is 54.9 Å². The monoisotopic (exact) mass is 293 g/mol. The summed E-state index contributed by atoms with van der Waals surface area (Å²) in [5.74, 6) is 0.559. The molecule has 1 aromatic carbocycles. The zero-order chi connectivity index (χ0) is 15.4. The minimum absolute atomic E-state index is 0.191. The number of aromatic amines is 1. The third-order valence-electron chi connectivity index (χ3n) is 3.25. The fourth-order valence-electron chi connectivity index (χ4n) is 2.14. The molecule has 0 aliphatic carbocycles. The molecule has 110 valence electrons. The predicted molar refractivity (Wildman–Crippen MR) is 86.8 cm³/mol. The lowest BCUT2D eigenvalue weighted by Crippen LogP contribution is -2.07. The number of nitrogens with one attached hydrogen (secondary N) is 2. The molecule has 3 rings (SSSR count). The maximum atomic E-state index is 11.9. The molecule has 2 aromatic heterocycles. The van der Waals surface area contributed by atoms with Gasteiger partial charge in [-0.15, -0.1) is 0 Å². The number of ether oxygens (including phenoxy) is 1. The maximum absolute atomic E-state index is 11.9. The van der Waals surface area contributed by atoms with E-state index in [2.05, 4.69) is 15.3 Å². The van der Waals surface area contributed by atoms with E-state index in [9.17, 15) is 4.79 Å². The molecule has 0 radical (unpaired) electrons. The number of H-pyrrole nitrogens is 1. The van der Waals surface area contributed by atoms with E-state index in [1.165, 1.54) is 6.08 Å². The highest BCUT2D eigenvalue weighted by Crippen LogP contribution is 2.17. The zero-order valence-electron chi connectivity index (χ0n) is 12.0. The van der Waals surface area contributed by atoms with Crippen molar-refractivity contribution in [2.45, 2.75) is 0 Å². The summed E-state index contributed by atoms with van der Waals surface area (Å²) in [5, 5.41) is 3.78. The van der Waals surface area contributed by atoms with Crippen molar-refractivity contribution in [2.24, 2.45) is 0 Å². The Morgan fingerprint density at radius 3 is 2.86 bits per heavy atom. The van der Waals surface area contributed by atoms with Gasteiger partial charge in [0.15, 0.2) is 0 Å². The van der Waals surface area contributed by atoms with Crippen molar-refractivity contribution in [2.75, 3.05) is 12.4 Å². The first kappa shape index (κ1) is 13.9. The normalized spacial score (nSPS) is 11.0. The lowest BCUT2D eigenvalue weighted by atomic mass is 10.2. The van der Waals surface area contributed by atoms with Crippen LogP contribution in [-0.4, -0.2) is 23.0 Å². The van der Waals surface area contributed by atoms with Crippen LogP contribution in [0.1, 0.15) is 5.56 Å². The van der Waals surface area contributed by atoms with Crippen LogP contribution in [0.3, 0.4) is 0 Å². The first-order chi connectivity index (χ1) is 10.8. The van der Waals surface area contributed by atoms with E-state index in [1.807, 2.05) is 18.3 Å². The molecule has 5 nitrogen and oxygen atoms in total. The van der Waals surface area contributed by atoms with E-state index >= 15 is 0 Å². The van der Waals surface area contributed by atoms with Crippen molar-refractivity contribution in [1.82, 2.24) is 9.97 Å². The molecular weight excluding hydrogens is 278 g/mol. The molecule has 0 aliphatic rings. The lowest BCUT2D eigenvalue weighted by molar-refractivity contribution is -0.111. The van der Waals surface area contributed by atoms with Crippen LogP contribution in [0.25, 0.3) is 17.1 Å². The van der Waals surface area contributed by atoms with E-state index in [0.717, 1.165) is 28.0 Å². The molecule has 0 unspecified atom stereocenters. The number of carbonyl (C=O) groups excluding carboxylic acids is 1. The summed E-state index contributed by atoms with van der Waals surface area (Å²) in [6, 6.07) is 11.0. The van der Waals surface area contributed by atoms with E-state index in [4.69, 9.17) is 4.74 Å². The first-order valence-corrected chi connectivity index (χ1v) is 6.81. The van der Waals surface area contributed by atoms with Gasteiger partial charge in [-0.3, -0.25) is 4.79 Å². The second-order valence-corrected chi connectivity index (χ2v) is 4.69. The number of rotatable bonds is 4. The third-order valence-corrected chi connectivity index (χ3v) is 3.25. The Kier molecular flexibility index (Phi) is 3.87. The smallest absolute Gasteiger partial charge is 0.248 e. The van der Waals surface area contributed by atoms with Crippen molar-refractivity contribution in [3.63, 3.8) is 0 Å². The Morgan fingerprint density at radius 1 is 1.27 bits per heavy atom. The number of benzene rings is 1. The fourth-order valence-corrected chi connectivity index (χ4v) is 2.14. The number of nitrogens with zero attached hydrogens (tertiary/aromatic N) is 1. The van der Waals surface area contributed by atoms with Gasteiger partial charge < -0.3 is 15.0 Å². The van der Waals surface area contributed by atoms with E-state index in [-0.39, 0.29) is 5.91 Å². The second-order valence-electron chi connectivity index (χ2n) is 4.69. The average molecular weight is 293 g/mol. The van der Waals surface area contributed by atoms with Crippen LogP contribution >= 0.6 is 0 Å². The van der Waals surface area contributed by atoms with E-state index in [0.29, 0.717) is 0 Å². The minimum Gasteiger partial charge on any atom is -0.497 e. The largest absolute Gasteiger partial charge is 0.497 e. The van der Waals surface area contributed by atoms with Crippen LogP contribution in [0.2, 0.25) is 0 Å². The van der Waals surface area contributed by atoms with Crippen molar-refractivity contribution in [1.29, 1.82) is 0 Å². The standard InChI is InChI=1S/C17H15N3O2/c1-22-14-7-5-13(6-8-14)20-16(21)9-4-12-11-19-17-15(12)3-2-10-18-17/h2-11H,1H3,(H,18,19)(H,20,21)/b9-4+. The SMILES string of the molecule is COc1ccc(NC(=O)/C=C/c2c[nH]c3ncccc23)cc1. The van der Waals surface area contributed by atoms with E-state index in [1.54, 1.807) is 43.6 Å². The molecule has 0 fully saturated rings. The number of pyridine rings is 1. The molecule has 0 atom stereocenters. The van der Waals surface area contributed by atoms with Gasteiger partial charge in [0.1, 0.15) is 11.4 Å². The zero-order valence-corrected chi connectivity index (χ0v) is 12.0. The molecule has 22 heavy (non-hydrogen) atoms. The highest BCUT2D eigenvalue weighted by atomic mass is 16.5. The Balaban J connectivity index is 1.70. The van der Waals surface area contributed by atoms with Crippen molar-refractivity contribution in [3.05, 3.63) is 60.4 Å². The molecule has 2 heterocycles. The molecular formula is C17H15N3O2. The Labute approximate surface area is 127 Å². The summed E-state index contributed by atoms with van der Waals surface area (Å²) in [5.41, 5.74) is 2.45. The fraction of sp³-hybridized carbons (Fsp3) is 0.0588. The molecule has 0 aliphatic heterocycles. The summed E-state index contributed by atoms with van der Waals surface area (Å²) in [6.07, 6.45) is 6.82. The summed E-state index contributed by atoms with van der Waals surface area (Å²) >= 11 is 0. The lowest BCUT2D eigenvalue weighted by Gasteiger charge is -2.03. The maximum Gasteiger partial charge on any atom is 0.248 e. The number of amides is 1. The predicted octanol–water partition coefficient (Wildman–Crippen LogP) is 3.22. The van der Waals surface area contributed by atoms with Gasteiger partial charge in [-0.2, -0.15) is 0 Å². The topological polar surface area (TPSA) is 67.0 Å². The summed E-state index contributed by atoms with van der Waals surface area (Å²) < 4.78 is 5.08. The van der Waals surface area contributed by atoms with Crippen LogP contribution in [0.4, 0.5) is 5.69 Å².